The van der Waals surface area contributed by atoms with Crippen molar-refractivity contribution in [3.05, 3.63) is 12.7 Å². The highest BCUT2D eigenvalue weighted by molar-refractivity contribution is 5.81. The summed E-state index contributed by atoms with van der Waals surface area (Å²) in [5.41, 5.74) is 0.442. The van der Waals surface area contributed by atoms with E-state index in [0.717, 1.165) is 25.5 Å². The van der Waals surface area contributed by atoms with Crippen molar-refractivity contribution in [2.75, 3.05) is 13.1 Å². The molecule has 2 aliphatic rings. The fourth-order valence-electron chi connectivity index (χ4n) is 2.82. The van der Waals surface area contributed by atoms with Crippen molar-refractivity contribution >= 4 is 5.96 Å². The van der Waals surface area contributed by atoms with Crippen molar-refractivity contribution in [2.24, 2.45) is 10.4 Å². The standard InChI is InChI=1S/C13H23N3/c1-3-6-13(7-4-5-8-13)10-15-12-14-9-11(2)16-12/h3,11H,1,4-10H2,2H3,(H2,14,15,16). The van der Waals surface area contributed by atoms with E-state index in [1.54, 1.807) is 0 Å². The summed E-state index contributed by atoms with van der Waals surface area (Å²) >= 11 is 0. The summed E-state index contributed by atoms with van der Waals surface area (Å²) in [5.74, 6) is 0.989. The first-order chi connectivity index (χ1) is 7.74. The van der Waals surface area contributed by atoms with Crippen LogP contribution in [0.4, 0.5) is 0 Å². The summed E-state index contributed by atoms with van der Waals surface area (Å²) in [6, 6.07) is 0.487. The topological polar surface area (TPSA) is 36.4 Å². The number of hydrogen-bond acceptors (Lipinski definition) is 3. The Bertz CT molecular complexity index is 277. The largest absolute Gasteiger partial charge is 0.356 e. The number of allylic oxidation sites excluding steroid dienone is 1. The molecule has 0 aromatic rings. The second kappa shape index (κ2) is 4.89. The number of hydrogen-bond donors (Lipinski definition) is 2. The highest BCUT2D eigenvalue weighted by Gasteiger charge is 2.32. The molecule has 0 saturated heterocycles. The van der Waals surface area contributed by atoms with E-state index in [4.69, 9.17) is 0 Å². The minimum absolute atomic E-state index is 0.442. The number of aliphatic imine (C=N–C) groups is 1. The Morgan fingerprint density at radius 1 is 1.56 bits per heavy atom. The molecule has 0 amide bonds. The van der Waals surface area contributed by atoms with Crippen LogP contribution in [-0.4, -0.2) is 25.1 Å². The molecule has 16 heavy (non-hydrogen) atoms. The lowest BCUT2D eigenvalue weighted by molar-refractivity contribution is 0.299. The Hall–Kier alpha value is -0.990. The van der Waals surface area contributed by atoms with Crippen LogP contribution in [0.25, 0.3) is 0 Å². The summed E-state index contributed by atoms with van der Waals surface area (Å²) in [6.45, 7) is 7.99. The van der Waals surface area contributed by atoms with E-state index in [0.29, 0.717) is 11.5 Å². The summed E-state index contributed by atoms with van der Waals surface area (Å²) < 4.78 is 0. The van der Waals surface area contributed by atoms with Gasteiger partial charge >= 0.3 is 0 Å². The fraction of sp³-hybridized carbons (Fsp3) is 0.769. The van der Waals surface area contributed by atoms with Gasteiger partial charge in [-0.25, -0.2) is 0 Å². The Morgan fingerprint density at radius 3 is 2.88 bits per heavy atom. The highest BCUT2D eigenvalue weighted by Crippen LogP contribution is 2.40. The molecule has 3 heteroatoms. The van der Waals surface area contributed by atoms with Crippen molar-refractivity contribution in [1.29, 1.82) is 0 Å². The van der Waals surface area contributed by atoms with Crippen molar-refractivity contribution < 1.29 is 0 Å². The van der Waals surface area contributed by atoms with Crippen LogP contribution in [0.5, 0.6) is 0 Å². The molecule has 1 fully saturated rings. The molecule has 2 rings (SSSR count). The molecular formula is C13H23N3. The molecule has 0 radical (unpaired) electrons. The average Bonchev–Trinajstić information content (AvgIpc) is 2.86. The van der Waals surface area contributed by atoms with Gasteiger partial charge < -0.3 is 10.6 Å². The smallest absolute Gasteiger partial charge is 0.191 e. The number of nitrogens with zero attached hydrogens (tertiary/aromatic N) is 1. The van der Waals surface area contributed by atoms with Crippen LogP contribution >= 0.6 is 0 Å². The van der Waals surface area contributed by atoms with Gasteiger partial charge in [0.25, 0.3) is 0 Å². The molecule has 1 saturated carbocycles. The lowest BCUT2D eigenvalue weighted by atomic mass is 9.83. The molecule has 1 heterocycles. The minimum atomic E-state index is 0.442. The molecule has 1 atom stereocenters. The van der Waals surface area contributed by atoms with Crippen LogP contribution in [-0.2, 0) is 0 Å². The molecule has 1 unspecified atom stereocenters. The monoisotopic (exact) mass is 221 g/mol. The van der Waals surface area contributed by atoms with Gasteiger partial charge in [-0.15, -0.1) is 6.58 Å². The highest BCUT2D eigenvalue weighted by atomic mass is 15.2. The third-order valence-corrected chi connectivity index (χ3v) is 3.78. The second-order valence-electron chi connectivity index (χ2n) is 5.29. The van der Waals surface area contributed by atoms with Crippen LogP contribution in [0.1, 0.15) is 39.0 Å². The van der Waals surface area contributed by atoms with Crippen molar-refractivity contribution in [3.63, 3.8) is 0 Å². The van der Waals surface area contributed by atoms with Crippen LogP contribution in [0.15, 0.2) is 17.6 Å². The summed E-state index contributed by atoms with van der Waals surface area (Å²) in [7, 11) is 0. The van der Waals surface area contributed by atoms with Gasteiger partial charge in [0.15, 0.2) is 5.96 Å². The van der Waals surface area contributed by atoms with Gasteiger partial charge in [-0.05, 0) is 31.6 Å². The van der Waals surface area contributed by atoms with E-state index < -0.39 is 0 Å². The normalized spacial score (nSPS) is 27.3. The van der Waals surface area contributed by atoms with Gasteiger partial charge in [0, 0.05) is 12.6 Å². The van der Waals surface area contributed by atoms with E-state index in [1.807, 2.05) is 0 Å². The Balaban J connectivity index is 1.84. The first-order valence-electron chi connectivity index (χ1n) is 6.40. The molecule has 0 aromatic heterocycles. The van der Waals surface area contributed by atoms with E-state index in [1.165, 1.54) is 25.7 Å². The zero-order chi connectivity index (χ0) is 11.4. The van der Waals surface area contributed by atoms with Crippen LogP contribution in [0.2, 0.25) is 0 Å². The van der Waals surface area contributed by atoms with Crippen LogP contribution in [0.3, 0.4) is 0 Å². The first kappa shape index (κ1) is 11.5. The molecular weight excluding hydrogens is 198 g/mol. The predicted octanol–water partition coefficient (Wildman–Crippen LogP) is 2.06. The maximum Gasteiger partial charge on any atom is 0.191 e. The van der Waals surface area contributed by atoms with Crippen molar-refractivity contribution in [1.82, 2.24) is 10.6 Å². The van der Waals surface area contributed by atoms with Gasteiger partial charge in [0.05, 0.1) is 6.54 Å². The van der Waals surface area contributed by atoms with E-state index in [9.17, 15) is 0 Å². The molecule has 3 nitrogen and oxygen atoms in total. The van der Waals surface area contributed by atoms with Gasteiger partial charge in [-0.3, -0.25) is 4.99 Å². The number of nitrogens with one attached hydrogen (secondary N) is 2. The zero-order valence-electron chi connectivity index (χ0n) is 10.3. The van der Waals surface area contributed by atoms with Gasteiger partial charge in [-0.1, -0.05) is 18.9 Å². The quantitative estimate of drug-likeness (QED) is 0.713. The number of rotatable bonds is 4. The van der Waals surface area contributed by atoms with Gasteiger partial charge in [-0.2, -0.15) is 0 Å². The maximum absolute atomic E-state index is 4.44. The van der Waals surface area contributed by atoms with E-state index in [-0.39, 0.29) is 0 Å². The summed E-state index contributed by atoms with van der Waals surface area (Å²) in [5, 5.41) is 6.82. The SMILES string of the molecule is C=CCC1(CNC2=NCC(C)N2)CCCC1. The van der Waals surface area contributed by atoms with Crippen molar-refractivity contribution in [2.45, 2.75) is 45.1 Å². The molecule has 1 aliphatic carbocycles. The van der Waals surface area contributed by atoms with Crippen molar-refractivity contribution in [3.8, 4) is 0 Å². The zero-order valence-corrected chi connectivity index (χ0v) is 10.3. The molecule has 0 aromatic carbocycles. The Labute approximate surface area is 98.4 Å². The summed E-state index contributed by atoms with van der Waals surface area (Å²) in [4.78, 5) is 4.44. The molecule has 0 spiro atoms. The summed E-state index contributed by atoms with van der Waals surface area (Å²) in [6.07, 6.45) is 8.59. The van der Waals surface area contributed by atoms with Gasteiger partial charge in [0.2, 0.25) is 0 Å². The lowest BCUT2D eigenvalue weighted by Crippen LogP contribution is -2.42. The third-order valence-electron chi connectivity index (χ3n) is 3.78. The van der Waals surface area contributed by atoms with E-state index in [2.05, 4.69) is 35.2 Å². The third kappa shape index (κ3) is 2.57. The fourth-order valence-corrected chi connectivity index (χ4v) is 2.82. The van der Waals surface area contributed by atoms with Crippen LogP contribution in [0, 0.1) is 5.41 Å². The van der Waals surface area contributed by atoms with Gasteiger partial charge in [0.1, 0.15) is 0 Å². The Morgan fingerprint density at radius 2 is 2.31 bits per heavy atom. The van der Waals surface area contributed by atoms with Crippen LogP contribution < -0.4 is 10.6 Å². The minimum Gasteiger partial charge on any atom is -0.356 e. The second-order valence-corrected chi connectivity index (χ2v) is 5.29. The van der Waals surface area contributed by atoms with E-state index >= 15 is 0 Å². The molecule has 2 N–H and O–H groups in total. The lowest BCUT2D eigenvalue weighted by Gasteiger charge is -2.28. The molecule has 90 valence electrons. The number of guanidine groups is 1. The average molecular weight is 221 g/mol. The maximum atomic E-state index is 4.44. The first-order valence-corrected chi connectivity index (χ1v) is 6.40. The predicted molar refractivity (Wildman–Crippen MR) is 68.6 cm³/mol. The molecule has 0 bridgehead atoms. The molecule has 1 aliphatic heterocycles. The Kier molecular flexibility index (Phi) is 3.52.